The van der Waals surface area contributed by atoms with Crippen molar-refractivity contribution in [2.24, 2.45) is 0 Å². The largest absolute Gasteiger partial charge is 0.507 e. The molecule has 0 radical (unpaired) electrons. The van der Waals surface area contributed by atoms with Crippen molar-refractivity contribution in [2.45, 2.75) is 51.6 Å². The van der Waals surface area contributed by atoms with Gasteiger partial charge in [0, 0.05) is 11.6 Å². The number of carbonyl (C=O) groups is 2. The van der Waals surface area contributed by atoms with E-state index in [9.17, 15) is 14.7 Å². The molecule has 1 N–H and O–H groups in total. The Morgan fingerprint density at radius 3 is 2.29 bits per heavy atom. The number of benzene rings is 2. The Balaban J connectivity index is 1.89. The minimum atomic E-state index is -0.587. The van der Waals surface area contributed by atoms with Crippen LogP contribution in [0.25, 0.3) is 5.76 Å². The van der Waals surface area contributed by atoms with Gasteiger partial charge in [-0.05, 0) is 32.3 Å². The van der Waals surface area contributed by atoms with Crippen LogP contribution in [0.1, 0.15) is 54.0 Å². The zero-order chi connectivity index (χ0) is 19.8. The fraction of sp³-hybridized carbons (Fsp3) is 0.333. The number of carbonyl (C=O) groups excluding carboxylic acids is 2. The van der Waals surface area contributed by atoms with Crippen LogP contribution in [-0.2, 0) is 9.59 Å². The maximum absolute atomic E-state index is 13.0. The van der Waals surface area contributed by atoms with E-state index in [2.05, 4.69) is 0 Å². The Morgan fingerprint density at radius 1 is 0.964 bits per heavy atom. The van der Waals surface area contributed by atoms with Gasteiger partial charge in [0.1, 0.15) is 5.76 Å². The highest BCUT2D eigenvalue weighted by Gasteiger charge is 2.49. The van der Waals surface area contributed by atoms with E-state index in [4.69, 9.17) is 0 Å². The van der Waals surface area contributed by atoms with Gasteiger partial charge < -0.3 is 10.0 Å². The zero-order valence-electron chi connectivity index (χ0n) is 16.3. The fourth-order valence-electron chi connectivity index (χ4n) is 4.44. The summed E-state index contributed by atoms with van der Waals surface area (Å²) in [7, 11) is 0. The highest BCUT2D eigenvalue weighted by Crippen LogP contribution is 2.43. The molecule has 4 rings (SSSR count). The molecule has 1 amide bonds. The van der Waals surface area contributed by atoms with Gasteiger partial charge in [0.2, 0.25) is 0 Å². The van der Waals surface area contributed by atoms with Crippen LogP contribution >= 0.6 is 0 Å². The topological polar surface area (TPSA) is 57.6 Å². The van der Waals surface area contributed by atoms with Gasteiger partial charge in [-0.2, -0.15) is 0 Å². The smallest absolute Gasteiger partial charge is 0.295 e. The lowest BCUT2D eigenvalue weighted by Crippen LogP contribution is -2.37. The van der Waals surface area contributed by atoms with Crippen LogP contribution in [0, 0.1) is 13.8 Å². The number of aryl methyl sites for hydroxylation is 2. The van der Waals surface area contributed by atoms with Crippen molar-refractivity contribution in [1.82, 2.24) is 4.90 Å². The molecule has 0 bridgehead atoms. The van der Waals surface area contributed by atoms with Crippen LogP contribution in [0.3, 0.4) is 0 Å². The number of hydrogen-bond donors (Lipinski definition) is 1. The first-order valence-corrected chi connectivity index (χ1v) is 9.91. The molecule has 4 nitrogen and oxygen atoms in total. The summed E-state index contributed by atoms with van der Waals surface area (Å²) in [6.45, 7) is 3.96. The second-order valence-electron chi connectivity index (χ2n) is 7.92. The minimum absolute atomic E-state index is 0.0466. The van der Waals surface area contributed by atoms with Crippen LogP contribution < -0.4 is 0 Å². The number of ketones is 1. The number of amides is 1. The first kappa shape index (κ1) is 18.5. The van der Waals surface area contributed by atoms with E-state index in [1.807, 2.05) is 50.2 Å². The maximum Gasteiger partial charge on any atom is 0.295 e. The van der Waals surface area contributed by atoms with Gasteiger partial charge in [-0.3, -0.25) is 9.59 Å². The Hall–Kier alpha value is -2.88. The van der Waals surface area contributed by atoms with Crippen LogP contribution in [0.5, 0.6) is 0 Å². The summed E-state index contributed by atoms with van der Waals surface area (Å²) in [6.07, 6.45) is 3.93. The summed E-state index contributed by atoms with van der Waals surface area (Å²) in [5.74, 6) is -1.17. The third-order valence-corrected chi connectivity index (χ3v) is 5.88. The highest BCUT2D eigenvalue weighted by molar-refractivity contribution is 6.46. The Kier molecular flexibility index (Phi) is 4.80. The summed E-state index contributed by atoms with van der Waals surface area (Å²) in [5.41, 5.74) is 3.77. The van der Waals surface area contributed by atoms with Crippen LogP contribution in [0.15, 0.2) is 54.1 Å². The molecule has 0 aromatic heterocycles. The molecule has 2 aliphatic rings. The monoisotopic (exact) mass is 375 g/mol. The molecule has 2 aromatic rings. The van der Waals surface area contributed by atoms with Crippen molar-refractivity contribution in [2.75, 3.05) is 0 Å². The molecule has 2 fully saturated rings. The number of rotatable bonds is 3. The van der Waals surface area contributed by atoms with Gasteiger partial charge in [0.25, 0.3) is 11.7 Å². The number of nitrogens with zero attached hydrogens (tertiary/aromatic N) is 1. The standard InChI is InChI=1S/C24H25NO3/c1-15-10-12-17(13-11-15)22(26)20-21(18-7-5-6-16(2)14-18)25(24(28)23(20)27)19-8-3-4-9-19/h5-7,10-14,19,21,26H,3-4,8-9H2,1-2H3/b22-20-. The molecule has 1 heterocycles. The molecule has 2 aromatic carbocycles. The van der Waals surface area contributed by atoms with Crippen molar-refractivity contribution in [3.05, 3.63) is 76.4 Å². The van der Waals surface area contributed by atoms with E-state index in [0.29, 0.717) is 5.56 Å². The third kappa shape index (κ3) is 3.13. The summed E-state index contributed by atoms with van der Waals surface area (Å²) in [6, 6.07) is 14.7. The van der Waals surface area contributed by atoms with Gasteiger partial charge in [-0.15, -0.1) is 0 Å². The lowest BCUT2D eigenvalue weighted by Gasteiger charge is -2.31. The summed E-state index contributed by atoms with van der Waals surface area (Å²) >= 11 is 0. The summed E-state index contributed by atoms with van der Waals surface area (Å²) < 4.78 is 0. The van der Waals surface area contributed by atoms with E-state index in [1.165, 1.54) is 0 Å². The summed E-state index contributed by atoms with van der Waals surface area (Å²) in [5, 5.41) is 11.0. The Labute approximate surface area is 165 Å². The lowest BCUT2D eigenvalue weighted by atomic mass is 9.93. The Bertz CT molecular complexity index is 952. The first-order valence-electron chi connectivity index (χ1n) is 9.91. The SMILES string of the molecule is Cc1ccc(/C(O)=C2/C(=O)C(=O)N(C3CCCC3)C2c2cccc(C)c2)cc1. The zero-order valence-corrected chi connectivity index (χ0v) is 16.3. The molecule has 144 valence electrons. The Morgan fingerprint density at radius 2 is 1.64 bits per heavy atom. The second-order valence-corrected chi connectivity index (χ2v) is 7.92. The predicted octanol–water partition coefficient (Wildman–Crippen LogP) is 4.67. The molecular weight excluding hydrogens is 350 g/mol. The lowest BCUT2D eigenvalue weighted by molar-refractivity contribution is -0.141. The molecule has 0 spiro atoms. The molecule has 1 aliphatic carbocycles. The van der Waals surface area contributed by atoms with Gasteiger partial charge in [-0.1, -0.05) is 72.5 Å². The van der Waals surface area contributed by atoms with Gasteiger partial charge >= 0.3 is 0 Å². The van der Waals surface area contributed by atoms with Gasteiger partial charge in [0.05, 0.1) is 11.6 Å². The van der Waals surface area contributed by atoms with Crippen LogP contribution in [0.4, 0.5) is 0 Å². The molecule has 1 saturated heterocycles. The normalized spacial score (nSPS) is 22.2. The second kappa shape index (κ2) is 7.27. The van der Waals surface area contributed by atoms with Crippen molar-refractivity contribution < 1.29 is 14.7 Å². The fourth-order valence-corrected chi connectivity index (χ4v) is 4.44. The maximum atomic E-state index is 13.0. The molecule has 28 heavy (non-hydrogen) atoms. The molecular formula is C24H25NO3. The van der Waals surface area contributed by atoms with Crippen molar-refractivity contribution in [3.8, 4) is 0 Å². The van der Waals surface area contributed by atoms with E-state index < -0.39 is 17.7 Å². The third-order valence-electron chi connectivity index (χ3n) is 5.88. The number of aliphatic hydroxyl groups is 1. The van der Waals surface area contributed by atoms with E-state index in [-0.39, 0.29) is 17.4 Å². The van der Waals surface area contributed by atoms with E-state index in [1.54, 1.807) is 17.0 Å². The van der Waals surface area contributed by atoms with Crippen LogP contribution in [-0.4, -0.2) is 27.7 Å². The van der Waals surface area contributed by atoms with Crippen molar-refractivity contribution in [3.63, 3.8) is 0 Å². The average molecular weight is 375 g/mol. The molecule has 4 heteroatoms. The molecule has 1 atom stereocenters. The van der Waals surface area contributed by atoms with Crippen molar-refractivity contribution in [1.29, 1.82) is 0 Å². The minimum Gasteiger partial charge on any atom is -0.507 e. The van der Waals surface area contributed by atoms with E-state index >= 15 is 0 Å². The van der Waals surface area contributed by atoms with Gasteiger partial charge in [-0.25, -0.2) is 0 Å². The average Bonchev–Trinajstić information content (AvgIpc) is 3.29. The molecule has 1 aliphatic heterocycles. The number of likely N-dealkylation sites (tertiary alicyclic amines) is 1. The predicted molar refractivity (Wildman–Crippen MR) is 109 cm³/mol. The van der Waals surface area contributed by atoms with E-state index in [0.717, 1.165) is 42.4 Å². The molecule has 1 unspecified atom stereocenters. The molecule has 1 saturated carbocycles. The summed E-state index contributed by atoms with van der Waals surface area (Å²) in [4.78, 5) is 27.7. The van der Waals surface area contributed by atoms with Crippen LogP contribution in [0.2, 0.25) is 0 Å². The number of hydrogen-bond acceptors (Lipinski definition) is 3. The van der Waals surface area contributed by atoms with Crippen molar-refractivity contribution >= 4 is 17.4 Å². The highest BCUT2D eigenvalue weighted by atomic mass is 16.3. The number of Topliss-reactive ketones (excluding diaryl/α,β-unsaturated/α-hetero) is 1. The van der Waals surface area contributed by atoms with Gasteiger partial charge in [0.15, 0.2) is 0 Å². The quantitative estimate of drug-likeness (QED) is 0.482. The first-order chi connectivity index (χ1) is 13.5. The number of aliphatic hydroxyl groups excluding tert-OH is 1.